The van der Waals surface area contributed by atoms with E-state index in [2.05, 4.69) is 0 Å². The van der Waals surface area contributed by atoms with Gasteiger partial charge in [-0.1, -0.05) is 48.5 Å². The van der Waals surface area contributed by atoms with Crippen molar-refractivity contribution in [1.29, 1.82) is 0 Å². The lowest BCUT2D eigenvalue weighted by atomic mass is 9.99. The molecule has 0 radical (unpaired) electrons. The number of amides is 1. The van der Waals surface area contributed by atoms with E-state index in [4.69, 9.17) is 4.74 Å². The van der Waals surface area contributed by atoms with Crippen molar-refractivity contribution < 1.29 is 24.1 Å². The summed E-state index contributed by atoms with van der Waals surface area (Å²) in [4.78, 5) is 24.2. The molecule has 1 N–H and O–H groups in total. The standard InChI is InChI=1S/C17H15NO5/c19-16(13-9-5-2-6-10-13)18(22)11-23-15(17(20)21)14(18)12-7-3-1-4-8-12/h1-10,14-15H,11H2,(H,20,21)/t14-,15+,18?/m0/s1. The molecule has 6 nitrogen and oxygen atoms in total. The summed E-state index contributed by atoms with van der Waals surface area (Å²) in [5.74, 6) is -1.96. The van der Waals surface area contributed by atoms with Gasteiger partial charge in [0.25, 0.3) is 0 Å². The average Bonchev–Trinajstić information content (AvgIpc) is 2.95. The second-order valence-electron chi connectivity index (χ2n) is 5.38. The maximum absolute atomic E-state index is 13.2. The van der Waals surface area contributed by atoms with Crippen LogP contribution in [0, 0.1) is 5.21 Å². The van der Waals surface area contributed by atoms with Crippen molar-refractivity contribution in [2.24, 2.45) is 0 Å². The number of carbonyl (C=O) groups excluding carboxylic acids is 1. The number of nitrogens with zero attached hydrogens (tertiary/aromatic N) is 1. The lowest BCUT2D eigenvalue weighted by Crippen LogP contribution is -2.49. The van der Waals surface area contributed by atoms with E-state index in [-0.39, 0.29) is 5.56 Å². The van der Waals surface area contributed by atoms with Gasteiger partial charge in [0.15, 0.2) is 12.8 Å². The Bertz CT molecular complexity index is 718. The minimum absolute atomic E-state index is 0.234. The van der Waals surface area contributed by atoms with Crippen LogP contribution in [0.2, 0.25) is 0 Å². The van der Waals surface area contributed by atoms with E-state index in [0.717, 1.165) is 0 Å². The van der Waals surface area contributed by atoms with Crippen LogP contribution in [-0.2, 0) is 9.53 Å². The highest BCUT2D eigenvalue weighted by Gasteiger charge is 2.53. The summed E-state index contributed by atoms with van der Waals surface area (Å²) >= 11 is 0. The van der Waals surface area contributed by atoms with Crippen molar-refractivity contribution in [3.05, 3.63) is 77.0 Å². The molecule has 3 rings (SSSR count). The topological polar surface area (TPSA) is 86.7 Å². The number of carboxylic acids is 1. The number of ether oxygens (including phenoxy) is 1. The first kappa shape index (κ1) is 15.4. The Morgan fingerprint density at radius 3 is 2.17 bits per heavy atom. The van der Waals surface area contributed by atoms with Gasteiger partial charge in [0.1, 0.15) is 0 Å². The molecule has 0 aromatic heterocycles. The zero-order chi connectivity index (χ0) is 16.4. The Balaban J connectivity index is 2.06. The Hall–Kier alpha value is -2.54. The van der Waals surface area contributed by atoms with Crippen LogP contribution in [-0.4, -0.2) is 34.5 Å². The molecule has 1 heterocycles. The van der Waals surface area contributed by atoms with E-state index in [1.165, 1.54) is 12.1 Å². The Kier molecular flexibility index (Phi) is 3.96. The van der Waals surface area contributed by atoms with Gasteiger partial charge in [-0.2, -0.15) is 0 Å². The van der Waals surface area contributed by atoms with Gasteiger partial charge in [-0.15, -0.1) is 0 Å². The molecule has 1 saturated heterocycles. The second-order valence-corrected chi connectivity index (χ2v) is 5.38. The zero-order valence-corrected chi connectivity index (χ0v) is 12.2. The minimum atomic E-state index is -1.37. The number of rotatable bonds is 3. The number of hydrogen-bond acceptors (Lipinski definition) is 4. The summed E-state index contributed by atoms with van der Waals surface area (Å²) < 4.78 is 3.81. The number of hydroxylamine groups is 3. The lowest BCUT2D eigenvalue weighted by molar-refractivity contribution is -0.826. The van der Waals surface area contributed by atoms with Crippen LogP contribution in [0.5, 0.6) is 0 Å². The maximum atomic E-state index is 13.2. The SMILES string of the molecule is O=C(O)[C@@H]1OC[N+]([O-])(C(=O)c2ccccc2)[C@H]1c1ccccc1. The van der Waals surface area contributed by atoms with Crippen LogP contribution >= 0.6 is 0 Å². The highest BCUT2D eigenvalue weighted by molar-refractivity contribution is 5.89. The predicted molar refractivity (Wildman–Crippen MR) is 81.0 cm³/mol. The average molecular weight is 313 g/mol. The van der Waals surface area contributed by atoms with Crippen LogP contribution in [0.25, 0.3) is 0 Å². The van der Waals surface area contributed by atoms with Gasteiger partial charge in [-0.05, 0) is 12.1 Å². The Labute approximate surface area is 132 Å². The van der Waals surface area contributed by atoms with Crippen LogP contribution < -0.4 is 0 Å². The second kappa shape index (κ2) is 5.92. The first-order valence-electron chi connectivity index (χ1n) is 7.12. The van der Waals surface area contributed by atoms with Crippen molar-refractivity contribution in [1.82, 2.24) is 0 Å². The summed E-state index contributed by atoms with van der Waals surface area (Å²) in [5, 5.41) is 22.6. The van der Waals surface area contributed by atoms with Crippen LogP contribution in [0.4, 0.5) is 0 Å². The molecule has 0 aliphatic carbocycles. The van der Waals surface area contributed by atoms with Gasteiger partial charge in [0, 0.05) is 5.56 Å². The molecule has 1 amide bonds. The highest BCUT2D eigenvalue weighted by Crippen LogP contribution is 2.39. The largest absolute Gasteiger partial charge is 0.623 e. The van der Waals surface area contributed by atoms with E-state index < -0.39 is 35.4 Å². The highest BCUT2D eigenvalue weighted by atomic mass is 16.7. The van der Waals surface area contributed by atoms with E-state index in [0.29, 0.717) is 5.56 Å². The summed E-state index contributed by atoms with van der Waals surface area (Å²) in [7, 11) is 0. The molecule has 6 heteroatoms. The fourth-order valence-corrected chi connectivity index (χ4v) is 2.84. The molecule has 23 heavy (non-hydrogen) atoms. The third-order valence-corrected chi connectivity index (χ3v) is 3.93. The van der Waals surface area contributed by atoms with E-state index in [1.807, 2.05) is 0 Å². The number of carboxylic acid groups (broad SMARTS) is 1. The van der Waals surface area contributed by atoms with Gasteiger partial charge in [0.05, 0.1) is 5.56 Å². The summed E-state index contributed by atoms with van der Waals surface area (Å²) in [6, 6.07) is 15.4. The predicted octanol–water partition coefficient (Wildman–Crippen LogP) is 2.32. The number of quaternary nitrogens is 1. The quantitative estimate of drug-likeness (QED) is 0.694. The molecule has 0 bridgehead atoms. The molecule has 1 aliphatic heterocycles. The number of carbonyl (C=O) groups is 2. The third-order valence-electron chi connectivity index (χ3n) is 3.93. The molecule has 0 saturated carbocycles. The molecular formula is C17H15NO5. The normalized spacial score (nSPS) is 26.8. The van der Waals surface area contributed by atoms with Crippen molar-refractivity contribution >= 4 is 11.9 Å². The fourth-order valence-electron chi connectivity index (χ4n) is 2.84. The molecule has 3 atom stereocenters. The van der Waals surface area contributed by atoms with Gasteiger partial charge >= 0.3 is 11.9 Å². The van der Waals surface area contributed by atoms with Gasteiger partial charge in [-0.3, -0.25) is 4.65 Å². The fraction of sp³-hybridized carbons (Fsp3) is 0.176. The van der Waals surface area contributed by atoms with Crippen molar-refractivity contribution in [2.75, 3.05) is 6.73 Å². The van der Waals surface area contributed by atoms with Crippen molar-refractivity contribution in [3.63, 3.8) is 0 Å². The summed E-state index contributed by atoms with van der Waals surface area (Å²) in [6.07, 6.45) is -1.36. The van der Waals surface area contributed by atoms with E-state index >= 15 is 0 Å². The molecule has 1 unspecified atom stereocenters. The first-order valence-corrected chi connectivity index (χ1v) is 7.12. The van der Waals surface area contributed by atoms with Crippen molar-refractivity contribution in [3.8, 4) is 0 Å². The number of hydrogen-bond donors (Lipinski definition) is 1. The molecule has 1 aliphatic rings. The van der Waals surface area contributed by atoms with Crippen LogP contribution in [0.15, 0.2) is 60.7 Å². The Morgan fingerprint density at radius 1 is 1.04 bits per heavy atom. The molecular weight excluding hydrogens is 298 g/mol. The molecule has 118 valence electrons. The number of aliphatic carboxylic acids is 1. The van der Waals surface area contributed by atoms with Crippen molar-refractivity contribution in [2.45, 2.75) is 12.1 Å². The van der Waals surface area contributed by atoms with Gasteiger partial charge in [-0.25, -0.2) is 9.59 Å². The first-order chi connectivity index (χ1) is 11.0. The summed E-state index contributed by atoms with van der Waals surface area (Å²) in [6.45, 7) is -0.524. The third kappa shape index (κ3) is 2.63. The molecule has 1 fully saturated rings. The molecule has 0 spiro atoms. The van der Waals surface area contributed by atoms with Crippen LogP contribution in [0.3, 0.4) is 0 Å². The van der Waals surface area contributed by atoms with E-state index in [1.54, 1.807) is 48.5 Å². The van der Waals surface area contributed by atoms with Gasteiger partial charge < -0.3 is 15.1 Å². The summed E-state index contributed by atoms with van der Waals surface area (Å²) in [5.41, 5.74) is 0.703. The Morgan fingerprint density at radius 2 is 1.61 bits per heavy atom. The monoisotopic (exact) mass is 313 g/mol. The van der Waals surface area contributed by atoms with Crippen LogP contribution in [0.1, 0.15) is 22.0 Å². The maximum Gasteiger partial charge on any atom is 0.348 e. The lowest BCUT2D eigenvalue weighted by Gasteiger charge is -2.39. The smallest absolute Gasteiger partial charge is 0.348 e. The van der Waals surface area contributed by atoms with Gasteiger partial charge in [0.2, 0.25) is 6.10 Å². The molecule has 2 aromatic carbocycles. The van der Waals surface area contributed by atoms with E-state index in [9.17, 15) is 19.9 Å². The number of benzene rings is 2. The molecule has 2 aromatic rings. The minimum Gasteiger partial charge on any atom is -0.623 e. The zero-order valence-electron chi connectivity index (χ0n) is 12.2.